The van der Waals surface area contributed by atoms with Crippen molar-refractivity contribution in [1.29, 1.82) is 0 Å². The number of hydrogen-bond acceptors (Lipinski definition) is 3. The van der Waals surface area contributed by atoms with Gasteiger partial charge >= 0.3 is 0 Å². The third-order valence-electron chi connectivity index (χ3n) is 3.92. The van der Waals surface area contributed by atoms with Gasteiger partial charge in [0.25, 0.3) is 0 Å². The number of hydrogen-bond donors (Lipinski definition) is 0. The molecule has 100 valence electrons. The smallest absolute Gasteiger partial charge is 0.245 e. The largest absolute Gasteiger partial charge is 0.331 e. The minimum atomic E-state index is -0.196. The molecule has 2 aliphatic heterocycles. The molecule has 2 saturated heterocycles. The standard InChI is InChI=1S/C14H17N3O2/c18-13-10-16(9-5-11-3-6-15-7-4-11)14(19)12-2-1-8-17(12)13/h3-4,6-7,12H,1-2,5,8-10H2. The van der Waals surface area contributed by atoms with Crippen LogP contribution in [0.4, 0.5) is 0 Å². The van der Waals surface area contributed by atoms with Crippen LogP contribution in [0.1, 0.15) is 18.4 Å². The van der Waals surface area contributed by atoms with E-state index in [0.29, 0.717) is 6.54 Å². The van der Waals surface area contributed by atoms with E-state index in [2.05, 4.69) is 4.98 Å². The van der Waals surface area contributed by atoms with Crippen LogP contribution in [-0.4, -0.2) is 52.3 Å². The molecule has 0 spiro atoms. The van der Waals surface area contributed by atoms with Crippen LogP contribution in [0.15, 0.2) is 24.5 Å². The first kappa shape index (κ1) is 12.1. The van der Waals surface area contributed by atoms with Gasteiger partial charge in [-0.3, -0.25) is 14.6 Å². The summed E-state index contributed by atoms with van der Waals surface area (Å²) in [6.45, 7) is 1.59. The van der Waals surface area contributed by atoms with Crippen molar-refractivity contribution in [2.75, 3.05) is 19.6 Å². The Bertz CT molecular complexity index is 489. The molecule has 0 aliphatic carbocycles. The zero-order valence-electron chi connectivity index (χ0n) is 10.8. The monoisotopic (exact) mass is 259 g/mol. The van der Waals surface area contributed by atoms with Crippen LogP contribution in [-0.2, 0) is 16.0 Å². The molecule has 19 heavy (non-hydrogen) atoms. The summed E-state index contributed by atoms with van der Waals surface area (Å²) in [4.78, 5) is 31.7. The summed E-state index contributed by atoms with van der Waals surface area (Å²) in [6, 6.07) is 3.69. The second-order valence-electron chi connectivity index (χ2n) is 5.11. The van der Waals surface area contributed by atoms with Crippen molar-refractivity contribution in [3.63, 3.8) is 0 Å². The summed E-state index contributed by atoms with van der Waals surface area (Å²) in [7, 11) is 0. The Morgan fingerprint density at radius 1 is 1.26 bits per heavy atom. The molecule has 1 unspecified atom stereocenters. The lowest BCUT2D eigenvalue weighted by molar-refractivity contribution is -0.153. The Hall–Kier alpha value is -1.91. The number of fused-ring (bicyclic) bond motifs is 1. The molecule has 1 atom stereocenters. The maximum absolute atomic E-state index is 12.3. The van der Waals surface area contributed by atoms with E-state index in [1.165, 1.54) is 0 Å². The first-order valence-corrected chi connectivity index (χ1v) is 6.73. The molecule has 1 aromatic rings. The molecule has 2 fully saturated rings. The molecule has 5 nitrogen and oxygen atoms in total. The third-order valence-corrected chi connectivity index (χ3v) is 3.92. The average molecular weight is 259 g/mol. The molecule has 2 amide bonds. The number of carbonyl (C=O) groups excluding carboxylic acids is 2. The van der Waals surface area contributed by atoms with Crippen LogP contribution in [0.25, 0.3) is 0 Å². The maximum atomic E-state index is 12.3. The van der Waals surface area contributed by atoms with Gasteiger partial charge in [-0.25, -0.2) is 0 Å². The number of nitrogens with zero attached hydrogens (tertiary/aromatic N) is 3. The van der Waals surface area contributed by atoms with E-state index in [1.807, 2.05) is 12.1 Å². The predicted molar refractivity (Wildman–Crippen MR) is 69.3 cm³/mol. The molecule has 2 aliphatic rings. The Morgan fingerprint density at radius 3 is 2.84 bits per heavy atom. The fourth-order valence-electron chi connectivity index (χ4n) is 2.87. The van der Waals surface area contributed by atoms with Gasteiger partial charge in [0.05, 0.1) is 6.54 Å². The van der Waals surface area contributed by atoms with E-state index in [4.69, 9.17) is 0 Å². The van der Waals surface area contributed by atoms with Gasteiger partial charge in [-0.05, 0) is 37.0 Å². The molecular weight excluding hydrogens is 242 g/mol. The predicted octanol–water partition coefficient (Wildman–Crippen LogP) is 0.457. The van der Waals surface area contributed by atoms with Crippen LogP contribution in [0, 0.1) is 0 Å². The van der Waals surface area contributed by atoms with E-state index >= 15 is 0 Å². The second-order valence-corrected chi connectivity index (χ2v) is 5.11. The first-order valence-electron chi connectivity index (χ1n) is 6.73. The summed E-state index contributed by atoms with van der Waals surface area (Å²) in [6.07, 6.45) is 6.03. The van der Waals surface area contributed by atoms with Gasteiger partial charge in [-0.15, -0.1) is 0 Å². The first-order chi connectivity index (χ1) is 9.25. The average Bonchev–Trinajstić information content (AvgIpc) is 2.92. The highest BCUT2D eigenvalue weighted by molar-refractivity contribution is 5.95. The Kier molecular flexibility index (Phi) is 3.19. The summed E-state index contributed by atoms with van der Waals surface area (Å²) < 4.78 is 0. The van der Waals surface area contributed by atoms with E-state index in [0.717, 1.165) is 31.4 Å². The molecule has 0 aromatic carbocycles. The zero-order chi connectivity index (χ0) is 13.2. The maximum Gasteiger partial charge on any atom is 0.245 e. The number of amides is 2. The van der Waals surface area contributed by atoms with Crippen LogP contribution < -0.4 is 0 Å². The second kappa shape index (κ2) is 4.99. The summed E-state index contributed by atoms with van der Waals surface area (Å²) in [5.74, 6) is 0.211. The molecule has 5 heteroatoms. The van der Waals surface area contributed by atoms with Crippen molar-refractivity contribution in [3.8, 4) is 0 Å². The van der Waals surface area contributed by atoms with Crippen molar-refractivity contribution in [1.82, 2.24) is 14.8 Å². The quantitative estimate of drug-likeness (QED) is 0.792. The van der Waals surface area contributed by atoms with Gasteiger partial charge < -0.3 is 9.80 Å². The van der Waals surface area contributed by atoms with Gasteiger partial charge in [0, 0.05) is 25.5 Å². The van der Waals surface area contributed by atoms with Crippen molar-refractivity contribution < 1.29 is 9.59 Å². The summed E-state index contributed by atoms with van der Waals surface area (Å²) in [5, 5.41) is 0. The third kappa shape index (κ3) is 2.32. The number of aromatic nitrogens is 1. The summed E-state index contributed by atoms with van der Waals surface area (Å²) >= 11 is 0. The Balaban J connectivity index is 1.65. The van der Waals surface area contributed by atoms with Gasteiger partial charge in [-0.2, -0.15) is 0 Å². The molecule has 3 heterocycles. The fourth-order valence-corrected chi connectivity index (χ4v) is 2.87. The molecular formula is C14H17N3O2. The van der Waals surface area contributed by atoms with Gasteiger partial charge in [0.2, 0.25) is 11.8 Å². The van der Waals surface area contributed by atoms with Crippen molar-refractivity contribution in [2.24, 2.45) is 0 Å². The number of pyridine rings is 1. The molecule has 3 rings (SSSR count). The van der Waals surface area contributed by atoms with Crippen molar-refractivity contribution in [2.45, 2.75) is 25.3 Å². The molecule has 1 aromatic heterocycles. The topological polar surface area (TPSA) is 53.5 Å². The Labute approximate surface area is 112 Å². The van der Waals surface area contributed by atoms with Gasteiger partial charge in [-0.1, -0.05) is 0 Å². The highest BCUT2D eigenvalue weighted by Crippen LogP contribution is 2.23. The molecule has 0 radical (unpaired) electrons. The number of piperazine rings is 1. The lowest BCUT2D eigenvalue weighted by Crippen LogP contribution is -2.57. The van der Waals surface area contributed by atoms with Crippen LogP contribution >= 0.6 is 0 Å². The highest BCUT2D eigenvalue weighted by atomic mass is 16.2. The minimum Gasteiger partial charge on any atom is -0.331 e. The minimum absolute atomic E-state index is 0.0943. The van der Waals surface area contributed by atoms with Gasteiger partial charge in [0.15, 0.2) is 0 Å². The van der Waals surface area contributed by atoms with E-state index < -0.39 is 0 Å². The summed E-state index contributed by atoms with van der Waals surface area (Å²) in [5.41, 5.74) is 1.14. The van der Waals surface area contributed by atoms with E-state index in [9.17, 15) is 9.59 Å². The van der Waals surface area contributed by atoms with Gasteiger partial charge in [0.1, 0.15) is 6.04 Å². The molecule has 0 bridgehead atoms. The van der Waals surface area contributed by atoms with Crippen LogP contribution in [0.5, 0.6) is 0 Å². The normalized spacial score (nSPS) is 22.8. The number of rotatable bonds is 3. The van der Waals surface area contributed by atoms with Crippen molar-refractivity contribution >= 4 is 11.8 Å². The van der Waals surface area contributed by atoms with Crippen molar-refractivity contribution in [3.05, 3.63) is 30.1 Å². The number of carbonyl (C=O) groups is 2. The lowest BCUT2D eigenvalue weighted by Gasteiger charge is -2.36. The highest BCUT2D eigenvalue weighted by Gasteiger charge is 2.41. The Morgan fingerprint density at radius 2 is 2.05 bits per heavy atom. The fraction of sp³-hybridized carbons (Fsp3) is 0.500. The van der Waals surface area contributed by atoms with Crippen LogP contribution in [0.2, 0.25) is 0 Å². The lowest BCUT2D eigenvalue weighted by atomic mass is 10.1. The van der Waals surface area contributed by atoms with E-state index in [-0.39, 0.29) is 24.4 Å². The SMILES string of the molecule is O=C1C2CCCN2C(=O)CN1CCc1ccncc1. The molecule has 0 saturated carbocycles. The van der Waals surface area contributed by atoms with E-state index in [1.54, 1.807) is 22.2 Å². The molecule has 0 N–H and O–H groups in total. The zero-order valence-corrected chi connectivity index (χ0v) is 10.8. The van der Waals surface area contributed by atoms with Crippen LogP contribution in [0.3, 0.4) is 0 Å².